The number of hydrogen-bond acceptors (Lipinski definition) is 3. The molecule has 0 bridgehead atoms. The van der Waals surface area contributed by atoms with E-state index < -0.39 is 12.1 Å². The summed E-state index contributed by atoms with van der Waals surface area (Å²) < 4.78 is 44.1. The van der Waals surface area contributed by atoms with E-state index in [1.165, 1.54) is 0 Å². The molecule has 0 aromatic carbocycles. The fraction of sp³-hybridized carbons (Fsp3) is 0.933. The number of hydrogen-bond donors (Lipinski definition) is 2. The molecule has 0 aromatic heterocycles. The third kappa shape index (κ3) is 4.35. The van der Waals surface area contributed by atoms with Crippen LogP contribution in [-0.2, 0) is 4.74 Å². The fourth-order valence-electron chi connectivity index (χ4n) is 3.67. The van der Waals surface area contributed by atoms with Crippen molar-refractivity contribution in [3.63, 3.8) is 0 Å². The first-order chi connectivity index (χ1) is 10.5. The van der Waals surface area contributed by atoms with Crippen LogP contribution in [0.25, 0.3) is 0 Å². The summed E-state index contributed by atoms with van der Waals surface area (Å²) in [5.41, 5.74) is 2.13. The molecule has 0 spiro atoms. The molecular weight excluding hydrogens is 297 g/mol. The predicted octanol–water partition coefficient (Wildman–Crippen LogP) is 3.69. The highest BCUT2D eigenvalue weighted by Crippen LogP contribution is 2.39. The number of aliphatic imine (C=N–C) groups is 1. The van der Waals surface area contributed by atoms with Crippen molar-refractivity contribution in [2.45, 2.75) is 69.7 Å². The molecule has 0 heterocycles. The second-order valence-corrected chi connectivity index (χ2v) is 6.35. The quantitative estimate of drug-likeness (QED) is 0.473. The first kappa shape index (κ1) is 17.5. The molecule has 4 nitrogen and oxygen atoms in total. The number of rotatable bonds is 3. The van der Waals surface area contributed by atoms with Crippen LogP contribution in [0.1, 0.15) is 51.4 Å². The van der Waals surface area contributed by atoms with E-state index in [-0.39, 0.29) is 30.9 Å². The molecule has 2 N–H and O–H groups in total. The monoisotopic (exact) mass is 322 g/mol. The largest absolute Gasteiger partial charge is 0.391 e. The van der Waals surface area contributed by atoms with Gasteiger partial charge in [-0.15, -0.1) is 0 Å². The Labute approximate surface area is 129 Å². The predicted molar refractivity (Wildman–Crippen MR) is 76.9 cm³/mol. The van der Waals surface area contributed by atoms with Crippen LogP contribution in [0.3, 0.4) is 0 Å². The van der Waals surface area contributed by atoms with E-state index in [1.54, 1.807) is 7.11 Å². The van der Waals surface area contributed by atoms with Crippen LogP contribution in [0.5, 0.6) is 0 Å². The molecule has 128 valence electrons. The lowest BCUT2D eigenvalue weighted by atomic mass is 9.84. The lowest BCUT2D eigenvalue weighted by molar-refractivity contribution is -0.182. The lowest BCUT2D eigenvalue weighted by Crippen LogP contribution is -2.40. The van der Waals surface area contributed by atoms with Crippen LogP contribution in [0, 0.1) is 11.8 Å². The Kier molecular flexibility index (Phi) is 6.09. The maximum absolute atomic E-state index is 12.9. The van der Waals surface area contributed by atoms with Gasteiger partial charge < -0.3 is 4.74 Å². The second kappa shape index (κ2) is 7.64. The number of ether oxygens (including phenoxy) is 1. The SMILES string of the molecule is COC1CCCCC1C(=NC1CCCC(C(F)(F)F)C1)NO. The van der Waals surface area contributed by atoms with Crippen molar-refractivity contribution < 1.29 is 23.1 Å². The van der Waals surface area contributed by atoms with Crippen molar-refractivity contribution in [2.75, 3.05) is 7.11 Å². The fourth-order valence-corrected chi connectivity index (χ4v) is 3.67. The first-order valence-corrected chi connectivity index (χ1v) is 8.03. The van der Waals surface area contributed by atoms with Crippen molar-refractivity contribution in [1.29, 1.82) is 0 Å². The minimum atomic E-state index is -4.15. The molecule has 7 heteroatoms. The van der Waals surface area contributed by atoms with Gasteiger partial charge in [-0.3, -0.25) is 15.7 Å². The maximum atomic E-state index is 12.9. The van der Waals surface area contributed by atoms with E-state index in [0.29, 0.717) is 18.7 Å². The molecule has 2 rings (SSSR count). The van der Waals surface area contributed by atoms with Gasteiger partial charge in [-0.1, -0.05) is 19.3 Å². The summed E-state index contributed by atoms with van der Waals surface area (Å²) in [4.78, 5) is 4.42. The average molecular weight is 322 g/mol. The molecule has 0 radical (unpaired) electrons. The summed E-state index contributed by atoms with van der Waals surface area (Å²) in [6.07, 6.45) is 0.972. The average Bonchev–Trinajstić information content (AvgIpc) is 2.52. The number of nitrogens with one attached hydrogen (secondary N) is 1. The smallest absolute Gasteiger partial charge is 0.381 e. The van der Waals surface area contributed by atoms with Crippen molar-refractivity contribution in [3.8, 4) is 0 Å². The van der Waals surface area contributed by atoms with Crippen LogP contribution in [0.2, 0.25) is 0 Å². The lowest BCUT2D eigenvalue weighted by Gasteiger charge is -2.33. The Bertz CT molecular complexity index is 387. The molecule has 0 amide bonds. The Morgan fingerprint density at radius 1 is 1.14 bits per heavy atom. The highest BCUT2D eigenvalue weighted by Gasteiger charge is 2.42. The van der Waals surface area contributed by atoms with Gasteiger partial charge in [0.1, 0.15) is 5.84 Å². The molecule has 0 aromatic rings. The maximum Gasteiger partial charge on any atom is 0.391 e. The van der Waals surface area contributed by atoms with E-state index in [0.717, 1.165) is 25.7 Å². The number of amidine groups is 1. The summed E-state index contributed by atoms with van der Waals surface area (Å²) in [7, 11) is 1.62. The number of halogens is 3. The number of methoxy groups -OCH3 is 1. The standard InChI is InChI=1S/C15H25F3N2O2/c1-22-13-8-3-2-7-12(13)14(20-21)19-11-6-4-5-10(9-11)15(16,17)18/h10-13,21H,2-9H2,1H3,(H,19,20). The Morgan fingerprint density at radius 3 is 2.50 bits per heavy atom. The van der Waals surface area contributed by atoms with Gasteiger partial charge >= 0.3 is 6.18 Å². The number of hydroxylamine groups is 1. The zero-order chi connectivity index (χ0) is 16.2. The first-order valence-electron chi connectivity index (χ1n) is 8.03. The van der Waals surface area contributed by atoms with Gasteiger partial charge in [-0.2, -0.15) is 13.2 Å². The van der Waals surface area contributed by atoms with E-state index in [4.69, 9.17) is 4.74 Å². The summed E-state index contributed by atoms with van der Waals surface area (Å²) >= 11 is 0. The third-order valence-electron chi connectivity index (χ3n) is 4.90. The Hall–Kier alpha value is -0.820. The molecule has 2 aliphatic rings. The molecule has 2 fully saturated rings. The Morgan fingerprint density at radius 2 is 1.86 bits per heavy atom. The molecule has 4 unspecified atom stereocenters. The van der Waals surface area contributed by atoms with Crippen LogP contribution < -0.4 is 5.48 Å². The highest BCUT2D eigenvalue weighted by molar-refractivity contribution is 5.84. The van der Waals surface area contributed by atoms with Crippen LogP contribution in [0.15, 0.2) is 4.99 Å². The van der Waals surface area contributed by atoms with Crippen LogP contribution >= 0.6 is 0 Å². The van der Waals surface area contributed by atoms with Gasteiger partial charge in [0.2, 0.25) is 0 Å². The minimum absolute atomic E-state index is 0.0129. The zero-order valence-electron chi connectivity index (χ0n) is 12.9. The third-order valence-corrected chi connectivity index (χ3v) is 4.90. The molecule has 2 aliphatic carbocycles. The van der Waals surface area contributed by atoms with Crippen LogP contribution in [-0.4, -0.2) is 36.5 Å². The molecule has 0 aliphatic heterocycles. The van der Waals surface area contributed by atoms with E-state index in [2.05, 4.69) is 10.5 Å². The van der Waals surface area contributed by atoms with Gasteiger partial charge in [0, 0.05) is 13.0 Å². The van der Waals surface area contributed by atoms with Gasteiger partial charge in [0.25, 0.3) is 0 Å². The summed E-state index contributed by atoms with van der Waals surface area (Å²) in [5, 5.41) is 9.39. The molecular formula is C15H25F3N2O2. The normalized spacial score (nSPS) is 34.5. The second-order valence-electron chi connectivity index (χ2n) is 6.35. The molecule has 22 heavy (non-hydrogen) atoms. The number of nitrogens with zero attached hydrogens (tertiary/aromatic N) is 1. The van der Waals surface area contributed by atoms with Crippen molar-refractivity contribution in [3.05, 3.63) is 0 Å². The van der Waals surface area contributed by atoms with Crippen LogP contribution in [0.4, 0.5) is 13.2 Å². The van der Waals surface area contributed by atoms with E-state index in [9.17, 15) is 18.4 Å². The Balaban J connectivity index is 2.07. The van der Waals surface area contributed by atoms with Gasteiger partial charge in [0.15, 0.2) is 0 Å². The van der Waals surface area contributed by atoms with E-state index in [1.807, 2.05) is 0 Å². The van der Waals surface area contributed by atoms with Crippen molar-refractivity contribution >= 4 is 5.84 Å². The number of alkyl halides is 3. The zero-order valence-corrected chi connectivity index (χ0v) is 12.9. The molecule has 4 atom stereocenters. The highest BCUT2D eigenvalue weighted by atomic mass is 19.4. The summed E-state index contributed by atoms with van der Waals surface area (Å²) in [5.74, 6) is -0.950. The van der Waals surface area contributed by atoms with Gasteiger partial charge in [-0.05, 0) is 32.1 Å². The molecule has 0 saturated heterocycles. The topological polar surface area (TPSA) is 53.8 Å². The van der Waals surface area contributed by atoms with Gasteiger partial charge in [-0.25, -0.2) is 0 Å². The minimum Gasteiger partial charge on any atom is -0.381 e. The molecule has 2 saturated carbocycles. The van der Waals surface area contributed by atoms with Crippen molar-refractivity contribution in [1.82, 2.24) is 5.48 Å². The van der Waals surface area contributed by atoms with E-state index >= 15 is 0 Å². The summed E-state index contributed by atoms with van der Waals surface area (Å²) in [6.45, 7) is 0. The van der Waals surface area contributed by atoms with Crippen molar-refractivity contribution in [2.24, 2.45) is 16.8 Å². The summed E-state index contributed by atoms with van der Waals surface area (Å²) in [6, 6.07) is -0.380. The van der Waals surface area contributed by atoms with Gasteiger partial charge in [0.05, 0.1) is 18.1 Å².